The highest BCUT2D eigenvalue weighted by molar-refractivity contribution is 5.99. The first kappa shape index (κ1) is 26.2. The highest BCUT2D eigenvalue weighted by Gasteiger charge is 2.33. The van der Waals surface area contributed by atoms with Gasteiger partial charge in [-0.3, -0.25) is 14.4 Å². The van der Waals surface area contributed by atoms with Crippen molar-refractivity contribution in [2.24, 2.45) is 0 Å². The summed E-state index contributed by atoms with van der Waals surface area (Å²) in [4.78, 5) is 38.9. The van der Waals surface area contributed by atoms with E-state index in [1.54, 1.807) is 41.3 Å². The number of halogens is 1. The van der Waals surface area contributed by atoms with Crippen LogP contribution in [-0.4, -0.2) is 48.4 Å². The van der Waals surface area contributed by atoms with Crippen LogP contribution in [0.2, 0.25) is 0 Å². The van der Waals surface area contributed by atoms with Gasteiger partial charge in [0, 0.05) is 19.5 Å². The van der Waals surface area contributed by atoms with Crippen LogP contribution in [0.15, 0.2) is 48.5 Å². The van der Waals surface area contributed by atoms with Crippen LogP contribution in [0.3, 0.4) is 0 Å². The molecule has 9 heteroatoms. The minimum atomic E-state index is -0.476. The minimum absolute atomic E-state index is 0.0260. The van der Waals surface area contributed by atoms with Gasteiger partial charge in [-0.15, -0.1) is 0 Å². The molecular weight excluding hydrogens is 451 g/mol. The third-order valence-corrected chi connectivity index (χ3v) is 5.90. The van der Waals surface area contributed by atoms with Crippen molar-refractivity contribution in [3.05, 3.63) is 59.9 Å². The quantitative estimate of drug-likeness (QED) is 0.316. The van der Waals surface area contributed by atoms with E-state index in [2.05, 4.69) is 10.6 Å². The first-order valence-electron chi connectivity index (χ1n) is 12.0. The summed E-state index contributed by atoms with van der Waals surface area (Å²) in [5, 5.41) is 5.62. The SMILES string of the molecule is Nc1ccccc1NC(=O)C1CCCN1C(=O)CCCCCNC(=O)COCc1ccc(F)cc1. The van der Waals surface area contributed by atoms with E-state index in [0.717, 1.165) is 24.8 Å². The molecule has 1 aliphatic heterocycles. The van der Waals surface area contributed by atoms with E-state index in [-0.39, 0.29) is 36.8 Å². The predicted octanol–water partition coefficient (Wildman–Crippen LogP) is 3.23. The van der Waals surface area contributed by atoms with Gasteiger partial charge in [0.25, 0.3) is 0 Å². The number of anilines is 2. The van der Waals surface area contributed by atoms with E-state index in [4.69, 9.17) is 10.5 Å². The predicted molar refractivity (Wildman–Crippen MR) is 132 cm³/mol. The molecule has 2 aromatic carbocycles. The molecule has 3 rings (SSSR count). The van der Waals surface area contributed by atoms with E-state index >= 15 is 0 Å². The fraction of sp³-hybridized carbons (Fsp3) is 0.423. The number of nitrogens with two attached hydrogens (primary N) is 1. The Morgan fingerprint density at radius 2 is 1.83 bits per heavy atom. The van der Waals surface area contributed by atoms with E-state index in [9.17, 15) is 18.8 Å². The van der Waals surface area contributed by atoms with Crippen LogP contribution in [0.4, 0.5) is 15.8 Å². The van der Waals surface area contributed by atoms with E-state index in [1.165, 1.54) is 12.1 Å². The van der Waals surface area contributed by atoms with Crippen LogP contribution in [-0.2, 0) is 25.7 Å². The van der Waals surface area contributed by atoms with Gasteiger partial charge in [-0.1, -0.05) is 30.7 Å². The number of nitrogens with zero attached hydrogens (tertiary/aromatic N) is 1. The zero-order valence-electron chi connectivity index (χ0n) is 19.8. The molecule has 1 unspecified atom stereocenters. The van der Waals surface area contributed by atoms with E-state index < -0.39 is 6.04 Å². The summed E-state index contributed by atoms with van der Waals surface area (Å²) in [5.74, 6) is -0.763. The molecule has 4 N–H and O–H groups in total. The van der Waals surface area contributed by atoms with Crippen LogP contribution in [0.5, 0.6) is 0 Å². The Bertz CT molecular complexity index is 999. The van der Waals surface area contributed by atoms with Crippen LogP contribution < -0.4 is 16.4 Å². The van der Waals surface area contributed by atoms with Gasteiger partial charge in [0.15, 0.2) is 0 Å². The summed E-state index contributed by atoms with van der Waals surface area (Å²) in [6.45, 7) is 1.25. The normalized spacial score (nSPS) is 15.1. The Hall–Kier alpha value is -3.46. The van der Waals surface area contributed by atoms with Crippen molar-refractivity contribution >= 4 is 29.1 Å². The largest absolute Gasteiger partial charge is 0.397 e. The molecular formula is C26H33FN4O4. The van der Waals surface area contributed by atoms with Gasteiger partial charge in [0.1, 0.15) is 18.5 Å². The number of rotatable bonds is 12. The topological polar surface area (TPSA) is 114 Å². The lowest BCUT2D eigenvalue weighted by atomic mass is 10.1. The standard InChI is InChI=1S/C26H33FN4O4/c27-20-13-11-19(12-14-20)17-35-18-24(32)29-15-5-1-2-10-25(33)31-16-6-9-23(31)26(34)30-22-8-4-3-7-21(22)28/h3-4,7-8,11-14,23H,1-2,5-6,9-10,15-18,28H2,(H,29,32)(H,30,34). The summed E-state index contributed by atoms with van der Waals surface area (Å²) in [5.41, 5.74) is 7.74. The molecule has 0 aliphatic carbocycles. The van der Waals surface area contributed by atoms with Crippen LogP contribution in [0, 0.1) is 5.82 Å². The fourth-order valence-corrected chi connectivity index (χ4v) is 4.01. The molecule has 0 bridgehead atoms. The number of carbonyl (C=O) groups is 3. The average Bonchev–Trinajstić information content (AvgIpc) is 3.34. The van der Waals surface area contributed by atoms with Crippen molar-refractivity contribution in [3.8, 4) is 0 Å². The lowest BCUT2D eigenvalue weighted by Crippen LogP contribution is -2.43. The second-order valence-corrected chi connectivity index (χ2v) is 8.60. The van der Waals surface area contributed by atoms with Crippen LogP contribution in [0.1, 0.15) is 44.1 Å². The Morgan fingerprint density at radius 3 is 2.60 bits per heavy atom. The second-order valence-electron chi connectivity index (χ2n) is 8.60. The summed E-state index contributed by atoms with van der Waals surface area (Å²) in [6.07, 6.45) is 4.02. The maximum absolute atomic E-state index is 12.9. The number of para-hydroxylation sites is 2. The van der Waals surface area contributed by atoms with Crippen LogP contribution >= 0.6 is 0 Å². The molecule has 35 heavy (non-hydrogen) atoms. The monoisotopic (exact) mass is 484 g/mol. The second kappa shape index (κ2) is 13.4. The smallest absolute Gasteiger partial charge is 0.247 e. The number of unbranched alkanes of at least 4 members (excludes halogenated alkanes) is 2. The molecule has 2 aromatic rings. The molecule has 1 fully saturated rings. The maximum atomic E-state index is 12.9. The summed E-state index contributed by atoms with van der Waals surface area (Å²) in [6, 6.07) is 12.5. The highest BCUT2D eigenvalue weighted by Crippen LogP contribution is 2.23. The number of carbonyl (C=O) groups excluding carboxylic acids is 3. The summed E-state index contributed by atoms with van der Waals surface area (Å²) >= 11 is 0. The van der Waals surface area contributed by atoms with Crippen molar-refractivity contribution in [1.29, 1.82) is 0 Å². The molecule has 0 aromatic heterocycles. The van der Waals surface area contributed by atoms with Crippen LogP contribution in [0.25, 0.3) is 0 Å². The molecule has 0 spiro atoms. The van der Waals surface area contributed by atoms with Gasteiger partial charge in [-0.05, 0) is 55.5 Å². The average molecular weight is 485 g/mol. The first-order chi connectivity index (χ1) is 16.9. The van der Waals surface area contributed by atoms with Gasteiger partial charge in [-0.25, -0.2) is 4.39 Å². The van der Waals surface area contributed by atoms with Crippen molar-refractivity contribution in [2.45, 2.75) is 51.2 Å². The molecule has 1 atom stereocenters. The third-order valence-electron chi connectivity index (χ3n) is 5.90. The Balaban J connectivity index is 1.27. The third kappa shape index (κ3) is 8.36. The fourth-order valence-electron chi connectivity index (χ4n) is 4.01. The number of amides is 3. The van der Waals surface area contributed by atoms with Gasteiger partial charge in [0.2, 0.25) is 17.7 Å². The molecule has 8 nitrogen and oxygen atoms in total. The van der Waals surface area contributed by atoms with Crippen molar-refractivity contribution < 1.29 is 23.5 Å². The Kier molecular flexibility index (Phi) is 10.0. The van der Waals surface area contributed by atoms with Gasteiger partial charge in [-0.2, -0.15) is 0 Å². The van der Waals surface area contributed by atoms with Gasteiger partial charge >= 0.3 is 0 Å². The number of ether oxygens (including phenoxy) is 1. The maximum Gasteiger partial charge on any atom is 0.247 e. The highest BCUT2D eigenvalue weighted by atomic mass is 19.1. The minimum Gasteiger partial charge on any atom is -0.397 e. The number of hydrogen-bond donors (Lipinski definition) is 3. The van der Waals surface area contributed by atoms with Crippen molar-refractivity contribution in [3.63, 3.8) is 0 Å². The zero-order chi connectivity index (χ0) is 25.0. The summed E-state index contributed by atoms with van der Waals surface area (Å²) < 4.78 is 18.2. The van der Waals surface area contributed by atoms with E-state index in [1.807, 2.05) is 0 Å². The first-order valence-corrected chi connectivity index (χ1v) is 12.0. The molecule has 188 valence electrons. The van der Waals surface area contributed by atoms with Crippen molar-refractivity contribution in [1.82, 2.24) is 10.2 Å². The number of hydrogen-bond acceptors (Lipinski definition) is 5. The molecule has 0 radical (unpaired) electrons. The number of benzene rings is 2. The Labute approximate surface area is 205 Å². The van der Waals surface area contributed by atoms with Gasteiger partial charge in [0.05, 0.1) is 18.0 Å². The molecule has 0 saturated carbocycles. The molecule has 1 heterocycles. The molecule has 3 amide bonds. The summed E-state index contributed by atoms with van der Waals surface area (Å²) in [7, 11) is 0. The van der Waals surface area contributed by atoms with Crippen molar-refractivity contribution in [2.75, 3.05) is 30.7 Å². The molecule has 1 aliphatic rings. The molecule has 1 saturated heterocycles. The Morgan fingerprint density at radius 1 is 1.06 bits per heavy atom. The van der Waals surface area contributed by atoms with Gasteiger partial charge < -0.3 is 26.0 Å². The number of likely N-dealkylation sites (tertiary alicyclic amines) is 1. The lowest BCUT2D eigenvalue weighted by Gasteiger charge is -2.24. The number of nitrogen functional groups attached to an aromatic ring is 1. The zero-order valence-corrected chi connectivity index (χ0v) is 19.8. The van der Waals surface area contributed by atoms with E-state index in [0.29, 0.717) is 43.7 Å². The lowest BCUT2D eigenvalue weighted by molar-refractivity contribution is -0.136. The number of nitrogens with one attached hydrogen (secondary N) is 2.